The molecule has 0 spiro atoms. The molecule has 15 nitrogen and oxygen atoms in total. The Labute approximate surface area is 364 Å². The highest BCUT2D eigenvalue weighted by Crippen LogP contribution is 2.33. The van der Waals surface area contributed by atoms with Crippen molar-refractivity contribution >= 4 is 38.3 Å². The van der Waals surface area contributed by atoms with E-state index in [2.05, 4.69) is 0 Å². The number of carbonyl (C=O) groups is 3. The predicted molar refractivity (Wildman–Crippen MR) is 224 cm³/mol. The van der Waals surface area contributed by atoms with Gasteiger partial charge in [0, 0.05) is 25.2 Å². The number of benzene rings is 2. The average molecular weight is 925 g/mol. The van der Waals surface area contributed by atoms with Crippen molar-refractivity contribution in [3.05, 3.63) is 46.5 Å². The number of aliphatic carboxylic acids is 1. The Hall–Kier alpha value is -3.82. The van der Waals surface area contributed by atoms with Crippen molar-refractivity contribution in [1.82, 2.24) is 8.61 Å². The molecule has 62 heavy (non-hydrogen) atoms. The number of aldehydes is 1. The molecule has 2 unspecified atom stereocenters. The van der Waals surface area contributed by atoms with Crippen LogP contribution in [0.3, 0.4) is 0 Å². The summed E-state index contributed by atoms with van der Waals surface area (Å²) in [6.45, 7) is 14.2. The molecular formula is C42H63F3N2O13S2. The molecule has 0 saturated carbocycles. The first kappa shape index (κ1) is 54.3. The summed E-state index contributed by atoms with van der Waals surface area (Å²) < 4.78 is 115. The van der Waals surface area contributed by atoms with Crippen molar-refractivity contribution in [2.24, 2.45) is 0 Å². The number of hydrogen-bond acceptors (Lipinski definition) is 12. The van der Waals surface area contributed by atoms with Gasteiger partial charge in [-0.1, -0.05) is 12.8 Å². The summed E-state index contributed by atoms with van der Waals surface area (Å²) in [5.74, 6) is 0.0264. The second-order valence-corrected chi connectivity index (χ2v) is 19.7. The van der Waals surface area contributed by atoms with E-state index in [0.29, 0.717) is 63.1 Å². The zero-order valence-electron chi connectivity index (χ0n) is 37.1. The van der Waals surface area contributed by atoms with Crippen LogP contribution in [0.4, 0.5) is 13.2 Å². The minimum atomic E-state index is -4.64. The molecule has 0 bridgehead atoms. The van der Waals surface area contributed by atoms with E-state index >= 15 is 0 Å². The molecule has 20 heteroatoms. The first-order chi connectivity index (χ1) is 28.8. The number of piperidine rings is 2. The van der Waals surface area contributed by atoms with E-state index < -0.39 is 44.1 Å². The van der Waals surface area contributed by atoms with Gasteiger partial charge in [-0.2, -0.15) is 21.8 Å². The summed E-state index contributed by atoms with van der Waals surface area (Å²) in [7, 11) is -4.22. The Morgan fingerprint density at radius 1 is 0.710 bits per heavy atom. The van der Waals surface area contributed by atoms with Gasteiger partial charge in [0.15, 0.2) is 0 Å². The number of nitrogens with zero attached hydrogens (tertiary/aromatic N) is 2. The van der Waals surface area contributed by atoms with Crippen molar-refractivity contribution in [2.75, 3.05) is 53.7 Å². The SMILES string of the molecule is COc1cc(C)c(S(=O)(=O)N2CCCCC2COCCC(=O)O)c(C)c1.COc1cc(C)c(S(=O)(=O)N2CCCCC2COCCC(=O)OC(C)(C)C)c(C)c1.O=CC(F)(F)F. The number of sulfonamides is 2. The van der Waals surface area contributed by atoms with Crippen LogP contribution in [0.1, 0.15) is 94.4 Å². The molecule has 2 saturated heterocycles. The Morgan fingerprint density at radius 3 is 1.37 bits per heavy atom. The van der Waals surface area contributed by atoms with E-state index in [9.17, 15) is 39.6 Å². The summed E-state index contributed by atoms with van der Waals surface area (Å²) in [6, 6.07) is 6.42. The fraction of sp³-hybridized carbons (Fsp3) is 0.643. The zero-order chi connectivity index (χ0) is 47.1. The third kappa shape index (κ3) is 17.0. The molecule has 4 rings (SSSR count). The highest BCUT2D eigenvalue weighted by molar-refractivity contribution is 7.89. The van der Waals surface area contributed by atoms with E-state index in [1.54, 1.807) is 70.5 Å². The lowest BCUT2D eigenvalue weighted by Gasteiger charge is -2.35. The van der Waals surface area contributed by atoms with Crippen molar-refractivity contribution in [3.63, 3.8) is 0 Å². The third-order valence-electron chi connectivity index (χ3n) is 9.70. The van der Waals surface area contributed by atoms with Crippen LogP contribution in [-0.4, -0.2) is 126 Å². The highest BCUT2D eigenvalue weighted by atomic mass is 32.2. The largest absolute Gasteiger partial charge is 0.497 e. The number of aryl methyl sites for hydroxylation is 4. The van der Waals surface area contributed by atoms with Gasteiger partial charge in [-0.25, -0.2) is 16.8 Å². The second kappa shape index (κ2) is 24.3. The standard InChI is InChI=1S/C22H35NO6S.C18H27NO6S.C2HF3O/c1-16-13-19(27-6)14-17(2)21(16)30(25,26)23-11-8-7-9-18(23)15-28-12-10-20(24)29-22(3,4)5;1-13-10-16(24-3)11-14(2)18(13)26(22,23)19-8-5-4-6-15(19)12-25-9-7-17(20)21;3-2(4,5)1-6/h13-14,18H,7-12,15H2,1-6H3;10-11,15H,4-9,12H2,1-3H3,(H,20,21);1H. The molecule has 352 valence electrons. The van der Waals surface area contributed by atoms with Crippen molar-refractivity contribution in [2.45, 2.75) is 133 Å². The number of carbonyl (C=O) groups excluding carboxylic acids is 2. The number of halogens is 3. The molecule has 0 aromatic heterocycles. The fourth-order valence-electron chi connectivity index (χ4n) is 7.17. The lowest BCUT2D eigenvalue weighted by molar-refractivity contribution is -0.156. The van der Waals surface area contributed by atoms with Gasteiger partial charge < -0.3 is 28.8 Å². The van der Waals surface area contributed by atoms with Crippen molar-refractivity contribution in [1.29, 1.82) is 0 Å². The Kier molecular flexibility index (Phi) is 21.3. The number of rotatable bonds is 16. The van der Waals surface area contributed by atoms with Crippen LogP contribution < -0.4 is 9.47 Å². The molecule has 2 atom stereocenters. The van der Waals surface area contributed by atoms with E-state index in [4.69, 9.17) is 33.6 Å². The number of alkyl halides is 3. The van der Waals surface area contributed by atoms with Gasteiger partial charge in [0.05, 0.1) is 63.3 Å². The normalized spacial score (nSPS) is 17.7. The monoisotopic (exact) mass is 924 g/mol. The van der Waals surface area contributed by atoms with E-state index in [-0.39, 0.29) is 57.3 Å². The number of esters is 1. The number of methoxy groups -OCH3 is 2. The maximum absolute atomic E-state index is 13.5. The van der Waals surface area contributed by atoms with Crippen molar-refractivity contribution in [3.8, 4) is 11.5 Å². The lowest BCUT2D eigenvalue weighted by atomic mass is 10.1. The van der Waals surface area contributed by atoms with Crippen LogP contribution >= 0.6 is 0 Å². The Bertz CT molecular complexity index is 1980. The van der Waals surface area contributed by atoms with Gasteiger partial charge in [0.2, 0.25) is 26.3 Å². The maximum Gasteiger partial charge on any atom is 0.446 e. The molecule has 2 fully saturated rings. The van der Waals surface area contributed by atoms with Crippen LogP contribution in [-0.2, 0) is 48.6 Å². The Balaban J connectivity index is 0.000000380. The molecule has 0 aliphatic carbocycles. The molecule has 2 aromatic carbocycles. The molecule has 2 aliphatic rings. The van der Waals surface area contributed by atoms with Crippen LogP contribution in [0.25, 0.3) is 0 Å². The quantitative estimate of drug-likeness (QED) is 0.106. The van der Waals surface area contributed by atoms with Gasteiger partial charge in [-0.05, 0) is 121 Å². The summed E-state index contributed by atoms with van der Waals surface area (Å²) in [6.07, 6.45) is -0.690. The summed E-state index contributed by atoms with van der Waals surface area (Å²) in [5.41, 5.74) is 2.11. The molecule has 1 N–H and O–H groups in total. The maximum atomic E-state index is 13.5. The summed E-state index contributed by atoms with van der Waals surface area (Å²) >= 11 is 0. The van der Waals surface area contributed by atoms with Crippen LogP contribution in [0.2, 0.25) is 0 Å². The first-order valence-corrected chi connectivity index (χ1v) is 23.1. The minimum absolute atomic E-state index is 0.0836. The minimum Gasteiger partial charge on any atom is -0.497 e. The lowest BCUT2D eigenvalue weighted by Crippen LogP contribution is -2.46. The predicted octanol–water partition coefficient (Wildman–Crippen LogP) is 6.70. The third-order valence-corrected chi connectivity index (χ3v) is 14.2. The summed E-state index contributed by atoms with van der Waals surface area (Å²) in [5, 5.41) is 8.69. The topological polar surface area (TPSA) is 192 Å². The highest BCUT2D eigenvalue weighted by Gasteiger charge is 2.37. The molecule has 0 radical (unpaired) electrons. The van der Waals surface area contributed by atoms with Gasteiger partial charge in [0.25, 0.3) is 0 Å². The zero-order valence-corrected chi connectivity index (χ0v) is 38.8. The van der Waals surface area contributed by atoms with E-state index in [1.807, 2.05) is 20.8 Å². The van der Waals surface area contributed by atoms with E-state index in [1.165, 1.54) is 4.31 Å². The van der Waals surface area contributed by atoms with Gasteiger partial charge in [0.1, 0.15) is 17.1 Å². The summed E-state index contributed by atoms with van der Waals surface area (Å²) in [4.78, 5) is 31.8. The number of ether oxygens (including phenoxy) is 5. The fourth-order valence-corrected chi connectivity index (χ4v) is 11.4. The van der Waals surface area contributed by atoms with Gasteiger partial charge in [-0.15, -0.1) is 0 Å². The number of carboxylic acid groups (broad SMARTS) is 1. The second-order valence-electron chi connectivity index (χ2n) is 16.0. The average Bonchev–Trinajstić information content (AvgIpc) is 3.17. The van der Waals surface area contributed by atoms with Crippen LogP contribution in [0.15, 0.2) is 34.1 Å². The Morgan fingerprint density at radius 2 is 1.06 bits per heavy atom. The van der Waals surface area contributed by atoms with Gasteiger partial charge >= 0.3 is 18.1 Å². The first-order valence-electron chi connectivity index (χ1n) is 20.2. The number of hydrogen-bond donors (Lipinski definition) is 1. The molecule has 2 aromatic rings. The number of carboxylic acids is 1. The molecule has 2 heterocycles. The molecule has 2 aliphatic heterocycles. The molecule has 0 amide bonds. The smallest absolute Gasteiger partial charge is 0.446 e. The molecular weight excluding hydrogens is 862 g/mol. The van der Waals surface area contributed by atoms with Crippen molar-refractivity contribution < 1.29 is 73.2 Å². The van der Waals surface area contributed by atoms with Gasteiger partial charge in [-0.3, -0.25) is 14.4 Å². The van der Waals surface area contributed by atoms with E-state index in [0.717, 1.165) is 32.1 Å². The van der Waals surface area contributed by atoms with Crippen LogP contribution in [0, 0.1) is 27.7 Å². The van der Waals surface area contributed by atoms with Crippen LogP contribution in [0.5, 0.6) is 11.5 Å².